The van der Waals surface area contributed by atoms with Crippen LogP contribution in [-0.4, -0.2) is 48.0 Å². The molecule has 1 amide bonds. The van der Waals surface area contributed by atoms with Crippen molar-refractivity contribution in [1.82, 2.24) is 14.9 Å². The van der Waals surface area contributed by atoms with E-state index >= 15 is 0 Å². The summed E-state index contributed by atoms with van der Waals surface area (Å²) in [7, 11) is 4.03. The first-order valence-electron chi connectivity index (χ1n) is 7.97. The highest BCUT2D eigenvalue weighted by atomic mass is 16.2. The predicted octanol–water partition coefficient (Wildman–Crippen LogP) is 2.56. The smallest absolute Gasteiger partial charge is 0.255 e. The summed E-state index contributed by atoms with van der Waals surface area (Å²) in [6.45, 7) is 1.55. The van der Waals surface area contributed by atoms with E-state index in [2.05, 4.69) is 22.1 Å². The molecule has 1 saturated heterocycles. The van der Waals surface area contributed by atoms with E-state index in [9.17, 15) is 4.79 Å². The molecule has 3 rings (SSSR count). The van der Waals surface area contributed by atoms with Crippen LogP contribution in [0.5, 0.6) is 0 Å². The second-order valence-corrected chi connectivity index (χ2v) is 6.14. The maximum Gasteiger partial charge on any atom is 0.255 e. The Kier molecular flexibility index (Phi) is 4.55. The highest BCUT2D eigenvalue weighted by Crippen LogP contribution is 2.28. The van der Waals surface area contributed by atoms with E-state index in [-0.39, 0.29) is 5.91 Å². The molecule has 2 aromatic rings. The molecule has 23 heavy (non-hydrogen) atoms. The van der Waals surface area contributed by atoms with E-state index in [0.717, 1.165) is 37.3 Å². The summed E-state index contributed by atoms with van der Waals surface area (Å²) in [5.41, 5.74) is 2.90. The molecule has 120 valence electrons. The largest absolute Gasteiger partial charge is 0.376 e. The summed E-state index contributed by atoms with van der Waals surface area (Å²) in [6.07, 6.45) is 7.16. The lowest BCUT2D eigenvalue weighted by atomic mass is 9.92. The molecule has 3 heterocycles. The van der Waals surface area contributed by atoms with Gasteiger partial charge in [0.05, 0.1) is 17.4 Å². The number of piperidine rings is 1. The lowest BCUT2D eigenvalue weighted by molar-refractivity contribution is 0.0711. The third-order valence-electron chi connectivity index (χ3n) is 4.40. The standard InChI is InChI=1S/C18H22N4O/c1-21(2)16-5-6-17(20-13-16)14-7-10-22(11-8-14)18(23)15-4-3-9-19-12-15/h3-6,9,12-14H,7-8,10-11H2,1-2H3. The van der Waals surface area contributed by atoms with Gasteiger partial charge in [-0.05, 0) is 37.1 Å². The molecule has 1 fully saturated rings. The maximum atomic E-state index is 12.4. The fraction of sp³-hybridized carbons (Fsp3) is 0.389. The van der Waals surface area contributed by atoms with Gasteiger partial charge >= 0.3 is 0 Å². The minimum absolute atomic E-state index is 0.0764. The number of carbonyl (C=O) groups is 1. The summed E-state index contributed by atoms with van der Waals surface area (Å²) in [5.74, 6) is 0.511. The van der Waals surface area contributed by atoms with Crippen LogP contribution in [0.3, 0.4) is 0 Å². The van der Waals surface area contributed by atoms with Crippen molar-refractivity contribution in [3.05, 3.63) is 54.1 Å². The average Bonchev–Trinajstić information content (AvgIpc) is 2.62. The van der Waals surface area contributed by atoms with Gasteiger partial charge in [0.15, 0.2) is 0 Å². The summed E-state index contributed by atoms with van der Waals surface area (Å²) in [4.78, 5) is 25.0. The zero-order chi connectivity index (χ0) is 16.2. The van der Waals surface area contributed by atoms with Gasteiger partial charge in [-0.3, -0.25) is 14.8 Å². The number of anilines is 1. The van der Waals surface area contributed by atoms with Crippen LogP contribution >= 0.6 is 0 Å². The molecule has 0 atom stereocenters. The predicted molar refractivity (Wildman–Crippen MR) is 90.7 cm³/mol. The molecular weight excluding hydrogens is 288 g/mol. The van der Waals surface area contributed by atoms with Crippen molar-refractivity contribution >= 4 is 11.6 Å². The minimum atomic E-state index is 0.0764. The first kappa shape index (κ1) is 15.5. The van der Waals surface area contributed by atoms with Gasteiger partial charge in [0.2, 0.25) is 0 Å². The van der Waals surface area contributed by atoms with Crippen molar-refractivity contribution in [3.8, 4) is 0 Å². The molecule has 0 saturated carbocycles. The first-order valence-corrected chi connectivity index (χ1v) is 7.97. The SMILES string of the molecule is CN(C)c1ccc(C2CCN(C(=O)c3cccnc3)CC2)nc1. The van der Waals surface area contributed by atoms with E-state index in [1.165, 1.54) is 0 Å². The number of pyridine rings is 2. The maximum absolute atomic E-state index is 12.4. The second-order valence-electron chi connectivity index (χ2n) is 6.14. The van der Waals surface area contributed by atoms with Crippen molar-refractivity contribution in [3.63, 3.8) is 0 Å². The zero-order valence-corrected chi connectivity index (χ0v) is 13.6. The molecule has 0 bridgehead atoms. The van der Waals surface area contributed by atoms with Crippen LogP contribution < -0.4 is 4.90 Å². The summed E-state index contributed by atoms with van der Waals surface area (Å²) < 4.78 is 0. The number of aromatic nitrogens is 2. The average molecular weight is 310 g/mol. The Morgan fingerprint density at radius 1 is 1.17 bits per heavy atom. The number of rotatable bonds is 3. The van der Waals surface area contributed by atoms with Gasteiger partial charge in [-0.2, -0.15) is 0 Å². The van der Waals surface area contributed by atoms with E-state index in [1.807, 2.05) is 36.2 Å². The molecule has 0 aliphatic carbocycles. The summed E-state index contributed by atoms with van der Waals surface area (Å²) in [6, 6.07) is 7.84. The Labute approximate surface area is 137 Å². The Balaban J connectivity index is 1.61. The second kappa shape index (κ2) is 6.77. The van der Waals surface area contributed by atoms with Crippen molar-refractivity contribution in [1.29, 1.82) is 0 Å². The number of amides is 1. The van der Waals surface area contributed by atoms with Crippen LogP contribution in [0.25, 0.3) is 0 Å². The Morgan fingerprint density at radius 3 is 2.52 bits per heavy atom. The third-order valence-corrected chi connectivity index (χ3v) is 4.40. The van der Waals surface area contributed by atoms with Crippen LogP contribution in [0.4, 0.5) is 5.69 Å². The fourth-order valence-electron chi connectivity index (χ4n) is 2.95. The first-order chi connectivity index (χ1) is 11.1. The number of nitrogens with zero attached hydrogens (tertiary/aromatic N) is 4. The molecule has 0 aromatic carbocycles. The van der Waals surface area contributed by atoms with Gasteiger partial charge in [-0.25, -0.2) is 0 Å². The third kappa shape index (κ3) is 3.50. The van der Waals surface area contributed by atoms with Crippen molar-refractivity contribution in [2.45, 2.75) is 18.8 Å². The van der Waals surface area contributed by atoms with Gasteiger partial charge in [0, 0.05) is 51.2 Å². The van der Waals surface area contributed by atoms with E-state index in [4.69, 9.17) is 0 Å². The molecule has 2 aromatic heterocycles. The van der Waals surface area contributed by atoms with Crippen LogP contribution in [0.2, 0.25) is 0 Å². The monoisotopic (exact) mass is 310 g/mol. The highest BCUT2D eigenvalue weighted by molar-refractivity contribution is 5.93. The van der Waals surface area contributed by atoms with E-state index < -0.39 is 0 Å². The van der Waals surface area contributed by atoms with Crippen LogP contribution in [0.1, 0.15) is 34.8 Å². The molecule has 0 unspecified atom stereocenters. The summed E-state index contributed by atoms with van der Waals surface area (Å²) in [5, 5.41) is 0. The van der Waals surface area contributed by atoms with Gasteiger partial charge in [-0.1, -0.05) is 0 Å². The molecule has 0 radical (unpaired) electrons. The highest BCUT2D eigenvalue weighted by Gasteiger charge is 2.25. The number of hydrogen-bond acceptors (Lipinski definition) is 4. The molecule has 1 aliphatic rings. The molecule has 0 spiro atoms. The minimum Gasteiger partial charge on any atom is -0.376 e. The lowest BCUT2D eigenvalue weighted by Crippen LogP contribution is -2.38. The molecule has 1 aliphatic heterocycles. The number of carbonyl (C=O) groups excluding carboxylic acids is 1. The summed E-state index contributed by atoms with van der Waals surface area (Å²) >= 11 is 0. The van der Waals surface area contributed by atoms with Gasteiger partial charge in [0.25, 0.3) is 5.91 Å². The quantitative estimate of drug-likeness (QED) is 0.874. The number of hydrogen-bond donors (Lipinski definition) is 0. The zero-order valence-electron chi connectivity index (χ0n) is 13.6. The van der Waals surface area contributed by atoms with Crippen molar-refractivity contribution in [2.75, 3.05) is 32.1 Å². The van der Waals surface area contributed by atoms with Crippen molar-refractivity contribution in [2.24, 2.45) is 0 Å². The Hall–Kier alpha value is -2.43. The van der Waals surface area contributed by atoms with Gasteiger partial charge in [-0.15, -0.1) is 0 Å². The fourth-order valence-corrected chi connectivity index (χ4v) is 2.95. The molecular formula is C18H22N4O. The van der Waals surface area contributed by atoms with E-state index in [0.29, 0.717) is 11.5 Å². The van der Waals surface area contributed by atoms with Gasteiger partial charge < -0.3 is 9.80 Å². The Bertz CT molecular complexity index is 646. The lowest BCUT2D eigenvalue weighted by Gasteiger charge is -2.31. The van der Waals surface area contributed by atoms with Gasteiger partial charge in [0.1, 0.15) is 0 Å². The molecule has 5 heteroatoms. The normalized spacial score (nSPS) is 15.5. The molecule has 0 N–H and O–H groups in total. The van der Waals surface area contributed by atoms with E-state index in [1.54, 1.807) is 18.5 Å². The van der Waals surface area contributed by atoms with Crippen LogP contribution in [0, 0.1) is 0 Å². The topological polar surface area (TPSA) is 49.3 Å². The molecule has 5 nitrogen and oxygen atoms in total. The van der Waals surface area contributed by atoms with Crippen LogP contribution in [-0.2, 0) is 0 Å². The Morgan fingerprint density at radius 2 is 1.96 bits per heavy atom. The van der Waals surface area contributed by atoms with Crippen LogP contribution in [0.15, 0.2) is 42.9 Å². The van der Waals surface area contributed by atoms with Crippen molar-refractivity contribution < 1.29 is 4.79 Å². The number of likely N-dealkylation sites (tertiary alicyclic amines) is 1.